The van der Waals surface area contributed by atoms with Gasteiger partial charge in [0.1, 0.15) is 0 Å². The van der Waals surface area contributed by atoms with Crippen LogP contribution in [0.25, 0.3) is 21.5 Å². The Morgan fingerprint density at radius 2 is 1.86 bits per heavy atom. The number of nitrogens with zero attached hydrogens (tertiary/aromatic N) is 3. The lowest BCUT2D eigenvalue weighted by molar-refractivity contribution is -0.385. The minimum atomic E-state index is -0.426. The van der Waals surface area contributed by atoms with Crippen molar-refractivity contribution in [3.63, 3.8) is 0 Å². The predicted octanol–water partition coefficient (Wildman–Crippen LogP) is 5.14. The van der Waals surface area contributed by atoms with Gasteiger partial charge in [0.05, 0.1) is 33.1 Å². The molecule has 2 heterocycles. The number of para-hydroxylation sites is 2. The molecule has 29 heavy (non-hydrogen) atoms. The van der Waals surface area contributed by atoms with E-state index in [0.29, 0.717) is 11.1 Å². The standard InChI is InChI=1S/C22H17N3O3S/c1-24(14-15-7-2-5-10-20(15)25(27)28)22(26)17-13-19(21-11-6-12-29-21)23-18-9-4-3-8-16(17)18/h2-13H,14H2,1H3. The molecule has 0 aliphatic rings. The quantitative estimate of drug-likeness (QED) is 0.341. The number of nitro benzene ring substituents is 1. The number of benzene rings is 2. The van der Waals surface area contributed by atoms with Crippen LogP contribution in [0.2, 0.25) is 0 Å². The van der Waals surface area contributed by atoms with Crippen LogP contribution in [0.4, 0.5) is 5.69 Å². The number of nitro groups is 1. The zero-order valence-electron chi connectivity index (χ0n) is 15.6. The molecule has 1 amide bonds. The zero-order chi connectivity index (χ0) is 20.4. The van der Waals surface area contributed by atoms with Crippen molar-refractivity contribution in [1.82, 2.24) is 9.88 Å². The summed E-state index contributed by atoms with van der Waals surface area (Å²) in [6, 6.07) is 19.7. The van der Waals surface area contributed by atoms with Gasteiger partial charge in [-0.05, 0) is 23.6 Å². The second-order valence-electron chi connectivity index (χ2n) is 6.60. The molecule has 7 heteroatoms. The van der Waals surface area contributed by atoms with E-state index in [9.17, 15) is 14.9 Å². The van der Waals surface area contributed by atoms with Crippen LogP contribution in [0.3, 0.4) is 0 Å². The van der Waals surface area contributed by atoms with Gasteiger partial charge in [-0.25, -0.2) is 4.98 Å². The average molecular weight is 403 g/mol. The lowest BCUT2D eigenvalue weighted by Gasteiger charge is -2.19. The zero-order valence-corrected chi connectivity index (χ0v) is 16.4. The van der Waals surface area contributed by atoms with Crippen LogP contribution < -0.4 is 0 Å². The van der Waals surface area contributed by atoms with Gasteiger partial charge in [-0.3, -0.25) is 14.9 Å². The summed E-state index contributed by atoms with van der Waals surface area (Å²) in [5.74, 6) is -0.209. The molecule has 0 atom stereocenters. The second-order valence-corrected chi connectivity index (χ2v) is 7.54. The molecule has 2 aromatic heterocycles. The molecular weight excluding hydrogens is 386 g/mol. The predicted molar refractivity (Wildman–Crippen MR) is 114 cm³/mol. The Morgan fingerprint density at radius 1 is 1.10 bits per heavy atom. The number of thiophene rings is 1. The van der Waals surface area contributed by atoms with Crippen molar-refractivity contribution in [2.24, 2.45) is 0 Å². The van der Waals surface area contributed by atoms with Gasteiger partial charge in [-0.15, -0.1) is 11.3 Å². The van der Waals surface area contributed by atoms with E-state index in [1.807, 2.05) is 41.8 Å². The Kier molecular flexibility index (Phi) is 5.05. The van der Waals surface area contributed by atoms with E-state index in [-0.39, 0.29) is 18.1 Å². The number of aromatic nitrogens is 1. The molecule has 2 aromatic carbocycles. The molecule has 4 rings (SSSR count). The third-order valence-corrected chi connectivity index (χ3v) is 5.56. The lowest BCUT2D eigenvalue weighted by atomic mass is 10.1. The number of hydrogen-bond acceptors (Lipinski definition) is 5. The Hall–Kier alpha value is -3.58. The summed E-state index contributed by atoms with van der Waals surface area (Å²) in [5, 5.41) is 14.0. The van der Waals surface area contributed by atoms with Gasteiger partial charge in [-0.2, -0.15) is 0 Å². The monoisotopic (exact) mass is 403 g/mol. The number of pyridine rings is 1. The number of carbonyl (C=O) groups is 1. The highest BCUT2D eigenvalue weighted by Gasteiger charge is 2.21. The highest BCUT2D eigenvalue weighted by molar-refractivity contribution is 7.13. The summed E-state index contributed by atoms with van der Waals surface area (Å²) in [5.41, 5.74) is 2.50. The summed E-state index contributed by atoms with van der Waals surface area (Å²) in [6.45, 7) is 0.140. The van der Waals surface area contributed by atoms with Crippen LogP contribution in [0.5, 0.6) is 0 Å². The van der Waals surface area contributed by atoms with E-state index in [2.05, 4.69) is 0 Å². The van der Waals surface area contributed by atoms with Gasteiger partial charge in [0.25, 0.3) is 11.6 Å². The Bertz CT molecular complexity index is 1210. The summed E-state index contributed by atoms with van der Waals surface area (Å²) in [7, 11) is 1.65. The summed E-state index contributed by atoms with van der Waals surface area (Å²) < 4.78 is 0. The van der Waals surface area contributed by atoms with Crippen molar-refractivity contribution in [2.75, 3.05) is 7.05 Å². The Morgan fingerprint density at radius 3 is 2.62 bits per heavy atom. The molecule has 0 saturated heterocycles. The van der Waals surface area contributed by atoms with E-state index in [0.717, 1.165) is 21.5 Å². The average Bonchev–Trinajstić information content (AvgIpc) is 3.27. The van der Waals surface area contributed by atoms with Crippen molar-refractivity contribution in [3.8, 4) is 10.6 Å². The van der Waals surface area contributed by atoms with E-state index < -0.39 is 4.92 Å². The maximum atomic E-state index is 13.3. The van der Waals surface area contributed by atoms with Crippen LogP contribution >= 0.6 is 11.3 Å². The first kappa shape index (κ1) is 18.8. The third-order valence-electron chi connectivity index (χ3n) is 4.66. The number of fused-ring (bicyclic) bond motifs is 1. The molecule has 0 aliphatic carbocycles. The van der Waals surface area contributed by atoms with E-state index in [1.54, 1.807) is 42.6 Å². The van der Waals surface area contributed by atoms with Gasteiger partial charge < -0.3 is 4.90 Å². The van der Waals surface area contributed by atoms with Crippen LogP contribution in [0.15, 0.2) is 72.1 Å². The molecule has 0 N–H and O–H groups in total. The maximum absolute atomic E-state index is 13.3. The van der Waals surface area contributed by atoms with Crippen LogP contribution in [0, 0.1) is 10.1 Å². The minimum absolute atomic E-state index is 0.00557. The fourth-order valence-corrected chi connectivity index (χ4v) is 3.94. The number of hydrogen-bond donors (Lipinski definition) is 0. The summed E-state index contributed by atoms with van der Waals surface area (Å²) in [6.07, 6.45) is 0. The van der Waals surface area contributed by atoms with Crippen molar-refractivity contribution in [3.05, 3.63) is 93.4 Å². The topological polar surface area (TPSA) is 76.3 Å². The molecule has 0 aliphatic heterocycles. The smallest absolute Gasteiger partial charge is 0.274 e. The Balaban J connectivity index is 1.74. The largest absolute Gasteiger partial charge is 0.337 e. The normalized spacial score (nSPS) is 10.8. The number of carbonyl (C=O) groups excluding carboxylic acids is 1. The molecule has 0 fully saturated rings. The van der Waals surface area contributed by atoms with Crippen molar-refractivity contribution >= 4 is 33.8 Å². The molecule has 144 valence electrons. The van der Waals surface area contributed by atoms with Gasteiger partial charge in [0, 0.05) is 24.1 Å². The maximum Gasteiger partial charge on any atom is 0.274 e. The number of rotatable bonds is 5. The fraction of sp³-hybridized carbons (Fsp3) is 0.0909. The van der Waals surface area contributed by atoms with Crippen molar-refractivity contribution in [1.29, 1.82) is 0 Å². The van der Waals surface area contributed by atoms with Gasteiger partial charge in [0.15, 0.2) is 0 Å². The van der Waals surface area contributed by atoms with Gasteiger partial charge in [-0.1, -0.05) is 42.5 Å². The van der Waals surface area contributed by atoms with E-state index in [1.165, 1.54) is 11.0 Å². The first-order valence-corrected chi connectivity index (χ1v) is 9.84. The highest BCUT2D eigenvalue weighted by atomic mass is 32.1. The molecule has 0 spiro atoms. The van der Waals surface area contributed by atoms with Crippen molar-refractivity contribution < 1.29 is 9.72 Å². The fourth-order valence-electron chi connectivity index (χ4n) is 3.26. The van der Waals surface area contributed by atoms with Crippen LogP contribution in [-0.2, 0) is 6.54 Å². The van der Waals surface area contributed by atoms with E-state index in [4.69, 9.17) is 4.98 Å². The minimum Gasteiger partial charge on any atom is -0.337 e. The molecule has 4 aromatic rings. The molecule has 6 nitrogen and oxygen atoms in total. The second kappa shape index (κ2) is 7.81. The van der Waals surface area contributed by atoms with Gasteiger partial charge >= 0.3 is 0 Å². The summed E-state index contributed by atoms with van der Waals surface area (Å²) >= 11 is 1.56. The number of amides is 1. The lowest BCUT2D eigenvalue weighted by Crippen LogP contribution is -2.27. The molecule has 0 saturated carbocycles. The van der Waals surface area contributed by atoms with Crippen LogP contribution in [-0.4, -0.2) is 27.8 Å². The molecule has 0 bridgehead atoms. The van der Waals surface area contributed by atoms with Gasteiger partial charge in [0.2, 0.25) is 0 Å². The van der Waals surface area contributed by atoms with Crippen LogP contribution in [0.1, 0.15) is 15.9 Å². The first-order chi connectivity index (χ1) is 14.0. The van der Waals surface area contributed by atoms with E-state index >= 15 is 0 Å². The molecule has 0 radical (unpaired) electrons. The highest BCUT2D eigenvalue weighted by Crippen LogP contribution is 2.29. The third kappa shape index (κ3) is 3.72. The Labute approximate surface area is 171 Å². The summed E-state index contributed by atoms with van der Waals surface area (Å²) in [4.78, 5) is 31.3. The molecule has 0 unspecified atom stereocenters. The SMILES string of the molecule is CN(Cc1ccccc1[N+](=O)[O-])C(=O)c1cc(-c2cccs2)nc2ccccc12. The molecular formula is C22H17N3O3S. The van der Waals surface area contributed by atoms with Crippen molar-refractivity contribution in [2.45, 2.75) is 6.54 Å². The first-order valence-electron chi connectivity index (χ1n) is 8.96.